The molecule has 226 valence electrons. The van der Waals surface area contributed by atoms with Crippen LogP contribution in [0.1, 0.15) is 48.1 Å². The molecule has 0 radical (unpaired) electrons. The van der Waals surface area contributed by atoms with Crippen LogP contribution in [0.2, 0.25) is 0 Å². The van der Waals surface area contributed by atoms with Gasteiger partial charge in [-0.05, 0) is 66.4 Å². The zero-order valence-electron chi connectivity index (χ0n) is 25.0. The number of likely N-dealkylation sites (tertiary alicyclic amines) is 1. The first kappa shape index (κ1) is 30.3. The Morgan fingerprint density at radius 3 is 2.28 bits per heavy atom. The number of hydrogen-bond donors (Lipinski definition) is 1. The van der Waals surface area contributed by atoms with Gasteiger partial charge >= 0.3 is 0 Å². The van der Waals surface area contributed by atoms with Gasteiger partial charge < -0.3 is 24.2 Å². The Labute approximate surface area is 253 Å². The summed E-state index contributed by atoms with van der Waals surface area (Å²) in [5, 5.41) is 11.5. The van der Waals surface area contributed by atoms with Crippen molar-refractivity contribution >= 4 is 17.4 Å². The lowest BCUT2D eigenvalue weighted by molar-refractivity contribution is -0.140. The number of unbranched alkanes of at least 4 members (excludes halogenated alkanes) is 1. The minimum absolute atomic E-state index is 0.0835. The summed E-state index contributed by atoms with van der Waals surface area (Å²) < 4.78 is 17.2. The molecule has 2 saturated heterocycles. The van der Waals surface area contributed by atoms with Gasteiger partial charge in [-0.2, -0.15) is 0 Å². The number of aliphatic hydroxyl groups is 1. The summed E-state index contributed by atoms with van der Waals surface area (Å²) in [5.74, 6) is -0.135. The normalized spacial score (nSPS) is 18.7. The molecule has 8 heteroatoms. The number of carbonyl (C=O) groups excluding carboxylic acids is 2. The maximum Gasteiger partial charge on any atom is 0.295 e. The summed E-state index contributed by atoms with van der Waals surface area (Å²) >= 11 is 0. The number of morpholine rings is 1. The first-order valence-corrected chi connectivity index (χ1v) is 15.0. The first-order valence-electron chi connectivity index (χ1n) is 15.0. The van der Waals surface area contributed by atoms with Crippen LogP contribution in [0, 0.1) is 6.92 Å². The predicted molar refractivity (Wildman–Crippen MR) is 165 cm³/mol. The fourth-order valence-electron chi connectivity index (χ4n) is 5.41. The van der Waals surface area contributed by atoms with Gasteiger partial charge in [-0.15, -0.1) is 0 Å². The maximum absolute atomic E-state index is 13.5. The van der Waals surface area contributed by atoms with E-state index in [1.807, 2.05) is 55.5 Å². The molecule has 0 aliphatic carbocycles. The highest BCUT2D eigenvalue weighted by Gasteiger charge is 2.46. The quantitative estimate of drug-likeness (QED) is 0.130. The van der Waals surface area contributed by atoms with Gasteiger partial charge in [0, 0.05) is 31.7 Å². The van der Waals surface area contributed by atoms with Crippen molar-refractivity contribution in [2.24, 2.45) is 0 Å². The van der Waals surface area contributed by atoms with Crippen LogP contribution in [0.4, 0.5) is 0 Å². The lowest BCUT2D eigenvalue weighted by Gasteiger charge is -2.31. The minimum Gasteiger partial charge on any atom is -0.507 e. The number of hydrogen-bond acceptors (Lipinski definition) is 7. The van der Waals surface area contributed by atoms with Crippen LogP contribution in [-0.4, -0.2) is 72.6 Å². The van der Waals surface area contributed by atoms with E-state index in [9.17, 15) is 14.7 Å². The standard InChI is InChI=1S/C35H40N2O6/c1-3-4-21-42-29-13-9-26(10-14-29)32-31(34(39)35(40)37(32)18-17-36-19-22-41-23-20-36)33(38)27-11-15-30(16-12-27)43-24-28-8-6-5-7-25(28)2/h5-16,32,38H,3-4,17-24H2,1-2H3/b33-31+. The summed E-state index contributed by atoms with van der Waals surface area (Å²) in [6, 6.07) is 21.7. The van der Waals surface area contributed by atoms with E-state index >= 15 is 0 Å². The summed E-state index contributed by atoms with van der Waals surface area (Å²) in [5.41, 5.74) is 3.51. The molecule has 2 fully saturated rings. The molecule has 0 aromatic heterocycles. The number of Topliss-reactive ketones (excluding diaryl/α,β-unsaturated/α-hetero) is 1. The van der Waals surface area contributed by atoms with Gasteiger partial charge in [-0.3, -0.25) is 14.5 Å². The van der Waals surface area contributed by atoms with Crippen LogP contribution in [0.3, 0.4) is 0 Å². The molecule has 0 spiro atoms. The molecule has 2 aliphatic rings. The maximum atomic E-state index is 13.5. The van der Waals surface area contributed by atoms with E-state index in [0.29, 0.717) is 50.8 Å². The number of ether oxygens (including phenoxy) is 3. The van der Waals surface area contributed by atoms with Gasteiger partial charge in [0.15, 0.2) is 0 Å². The molecule has 43 heavy (non-hydrogen) atoms. The summed E-state index contributed by atoms with van der Waals surface area (Å²) in [7, 11) is 0. The molecule has 2 heterocycles. The van der Waals surface area contributed by atoms with E-state index < -0.39 is 17.7 Å². The number of rotatable bonds is 12. The van der Waals surface area contributed by atoms with Crippen molar-refractivity contribution in [2.45, 2.75) is 39.3 Å². The molecule has 1 unspecified atom stereocenters. The lowest BCUT2D eigenvalue weighted by Crippen LogP contribution is -2.42. The molecule has 8 nitrogen and oxygen atoms in total. The van der Waals surface area contributed by atoms with Gasteiger partial charge in [-0.25, -0.2) is 0 Å². The summed E-state index contributed by atoms with van der Waals surface area (Å²) in [6.07, 6.45) is 1.99. The van der Waals surface area contributed by atoms with Crippen LogP contribution < -0.4 is 9.47 Å². The number of nitrogens with zero attached hydrogens (tertiary/aromatic N) is 2. The minimum atomic E-state index is -0.720. The largest absolute Gasteiger partial charge is 0.507 e. The molecule has 1 N–H and O–H groups in total. The zero-order valence-corrected chi connectivity index (χ0v) is 25.0. The third kappa shape index (κ3) is 7.27. The van der Waals surface area contributed by atoms with Crippen molar-refractivity contribution in [3.63, 3.8) is 0 Å². The van der Waals surface area contributed by atoms with E-state index in [1.165, 1.54) is 0 Å². The van der Waals surface area contributed by atoms with Crippen molar-refractivity contribution in [3.8, 4) is 11.5 Å². The highest BCUT2D eigenvalue weighted by Crippen LogP contribution is 2.40. The Balaban J connectivity index is 1.41. The number of carbonyl (C=O) groups is 2. The van der Waals surface area contributed by atoms with E-state index in [1.54, 1.807) is 29.2 Å². The van der Waals surface area contributed by atoms with E-state index in [4.69, 9.17) is 14.2 Å². The number of amides is 1. The van der Waals surface area contributed by atoms with Crippen LogP contribution in [-0.2, 0) is 20.9 Å². The molecule has 3 aromatic carbocycles. The second-order valence-electron chi connectivity index (χ2n) is 11.0. The van der Waals surface area contributed by atoms with Crippen molar-refractivity contribution in [2.75, 3.05) is 46.0 Å². The average Bonchev–Trinajstić information content (AvgIpc) is 3.29. The van der Waals surface area contributed by atoms with E-state index in [-0.39, 0.29) is 11.3 Å². The first-order chi connectivity index (χ1) is 21.0. The summed E-state index contributed by atoms with van der Waals surface area (Å²) in [4.78, 5) is 30.7. The second kappa shape index (κ2) is 14.4. The van der Waals surface area contributed by atoms with E-state index in [0.717, 1.165) is 48.4 Å². The van der Waals surface area contributed by atoms with Gasteiger partial charge in [0.05, 0.1) is 31.4 Å². The molecule has 1 amide bonds. The van der Waals surface area contributed by atoms with Crippen molar-refractivity contribution in [1.82, 2.24) is 9.80 Å². The number of ketones is 1. The number of aryl methyl sites for hydroxylation is 1. The van der Waals surface area contributed by atoms with Gasteiger partial charge in [0.1, 0.15) is 23.9 Å². The SMILES string of the molecule is CCCCOc1ccc(C2/C(=C(\O)c3ccc(OCc4ccccc4C)cc3)C(=O)C(=O)N2CCN2CCOCC2)cc1. The van der Waals surface area contributed by atoms with Crippen LogP contribution in [0.5, 0.6) is 11.5 Å². The Kier molecular flexibility index (Phi) is 10.1. The predicted octanol–water partition coefficient (Wildman–Crippen LogP) is 5.51. The Morgan fingerprint density at radius 2 is 1.58 bits per heavy atom. The molecule has 2 aliphatic heterocycles. The van der Waals surface area contributed by atoms with E-state index in [2.05, 4.69) is 11.8 Å². The van der Waals surface area contributed by atoms with Crippen LogP contribution >= 0.6 is 0 Å². The third-order valence-electron chi connectivity index (χ3n) is 8.05. The molecule has 0 saturated carbocycles. The number of benzene rings is 3. The monoisotopic (exact) mass is 584 g/mol. The second-order valence-corrected chi connectivity index (χ2v) is 11.0. The summed E-state index contributed by atoms with van der Waals surface area (Å²) in [6.45, 7) is 9.00. The highest BCUT2D eigenvalue weighted by atomic mass is 16.5. The topological polar surface area (TPSA) is 88.5 Å². The molecule has 3 aromatic rings. The Morgan fingerprint density at radius 1 is 0.907 bits per heavy atom. The molecular formula is C35H40N2O6. The van der Waals surface area contributed by atoms with Crippen molar-refractivity contribution in [3.05, 3.63) is 101 Å². The lowest BCUT2D eigenvalue weighted by atomic mass is 9.95. The fraction of sp³-hybridized carbons (Fsp3) is 0.371. The zero-order chi connectivity index (χ0) is 30.2. The molecule has 0 bridgehead atoms. The average molecular weight is 585 g/mol. The van der Waals surface area contributed by atoms with Crippen LogP contribution in [0.15, 0.2) is 78.4 Å². The highest BCUT2D eigenvalue weighted by molar-refractivity contribution is 6.46. The molecule has 5 rings (SSSR count). The van der Waals surface area contributed by atoms with Gasteiger partial charge in [0.2, 0.25) is 0 Å². The third-order valence-corrected chi connectivity index (χ3v) is 8.05. The Bertz CT molecular complexity index is 1430. The number of aliphatic hydroxyl groups excluding tert-OH is 1. The van der Waals surface area contributed by atoms with Gasteiger partial charge in [-0.1, -0.05) is 49.7 Å². The van der Waals surface area contributed by atoms with Crippen LogP contribution in [0.25, 0.3) is 5.76 Å². The Hall–Kier alpha value is -4.14. The molecular weight excluding hydrogens is 544 g/mol. The van der Waals surface area contributed by atoms with Crippen molar-refractivity contribution in [1.29, 1.82) is 0 Å². The smallest absolute Gasteiger partial charge is 0.295 e. The van der Waals surface area contributed by atoms with Gasteiger partial charge in [0.25, 0.3) is 11.7 Å². The van der Waals surface area contributed by atoms with Crippen molar-refractivity contribution < 1.29 is 28.9 Å². The molecule has 1 atom stereocenters. The fourth-order valence-corrected chi connectivity index (χ4v) is 5.41.